The van der Waals surface area contributed by atoms with Gasteiger partial charge in [0.25, 0.3) is 0 Å². The molecule has 0 saturated carbocycles. The standard InChI is InChI=1S/C23H27Cl4N3O4S/c1-4-11-28-23(32)20(5-2)29(13-16-17(25)7-6-8-18(16)26)22(31)14-30(35(3,33)34)21-10-9-15(24)12-19(21)27/h6-10,12,20H,4-5,11,13-14H2,1-3H3,(H,28,32)/t20-/m1/s1. The normalized spacial score (nSPS) is 12.2. The average Bonchev–Trinajstić information content (AvgIpc) is 2.77. The predicted molar refractivity (Wildman–Crippen MR) is 143 cm³/mol. The minimum atomic E-state index is -3.93. The van der Waals surface area contributed by atoms with Crippen molar-refractivity contribution < 1.29 is 18.0 Å². The first-order valence-electron chi connectivity index (χ1n) is 10.8. The topological polar surface area (TPSA) is 86.8 Å². The highest BCUT2D eigenvalue weighted by Crippen LogP contribution is 2.31. The smallest absolute Gasteiger partial charge is 0.244 e. The van der Waals surface area contributed by atoms with Gasteiger partial charge in [0.15, 0.2) is 0 Å². The monoisotopic (exact) mass is 581 g/mol. The van der Waals surface area contributed by atoms with Crippen LogP contribution in [-0.2, 0) is 26.2 Å². The molecule has 7 nitrogen and oxygen atoms in total. The molecule has 2 aromatic carbocycles. The molecule has 0 aromatic heterocycles. The van der Waals surface area contributed by atoms with E-state index in [1.165, 1.54) is 23.1 Å². The first-order chi connectivity index (χ1) is 16.4. The minimum absolute atomic E-state index is 0.0594. The van der Waals surface area contributed by atoms with Gasteiger partial charge in [-0.3, -0.25) is 13.9 Å². The molecule has 192 valence electrons. The second kappa shape index (κ2) is 13.0. The maximum Gasteiger partial charge on any atom is 0.244 e. The summed E-state index contributed by atoms with van der Waals surface area (Å²) in [5.41, 5.74) is 0.535. The van der Waals surface area contributed by atoms with Gasteiger partial charge in [-0.2, -0.15) is 0 Å². The lowest BCUT2D eigenvalue weighted by molar-refractivity contribution is -0.140. The molecule has 0 aliphatic carbocycles. The summed E-state index contributed by atoms with van der Waals surface area (Å²) in [6, 6.07) is 8.30. The molecule has 0 aliphatic rings. The van der Waals surface area contributed by atoms with Crippen molar-refractivity contribution in [1.29, 1.82) is 0 Å². The van der Waals surface area contributed by atoms with Crippen molar-refractivity contribution in [2.75, 3.05) is 23.7 Å². The third-order valence-electron chi connectivity index (χ3n) is 5.18. The molecule has 0 bridgehead atoms. The quantitative estimate of drug-likeness (QED) is 0.384. The maximum atomic E-state index is 13.6. The van der Waals surface area contributed by atoms with E-state index in [9.17, 15) is 18.0 Å². The van der Waals surface area contributed by atoms with Crippen molar-refractivity contribution in [1.82, 2.24) is 10.2 Å². The molecule has 0 heterocycles. The summed E-state index contributed by atoms with van der Waals surface area (Å²) in [4.78, 5) is 27.9. The molecule has 0 spiro atoms. The van der Waals surface area contributed by atoms with E-state index >= 15 is 0 Å². The fourth-order valence-corrected chi connectivity index (χ4v) is 5.36. The fourth-order valence-electron chi connectivity index (χ4n) is 3.42. The van der Waals surface area contributed by atoms with Crippen LogP contribution in [0.2, 0.25) is 20.1 Å². The summed E-state index contributed by atoms with van der Waals surface area (Å²) >= 11 is 24.9. The maximum absolute atomic E-state index is 13.6. The number of anilines is 1. The Bertz CT molecular complexity index is 1160. The Morgan fingerprint density at radius 2 is 1.63 bits per heavy atom. The highest BCUT2D eigenvalue weighted by molar-refractivity contribution is 7.92. The minimum Gasteiger partial charge on any atom is -0.354 e. The SMILES string of the molecule is CCCNC(=O)[C@@H](CC)N(Cc1c(Cl)cccc1Cl)C(=O)CN(c1ccc(Cl)cc1Cl)S(C)(=O)=O. The van der Waals surface area contributed by atoms with Crippen molar-refractivity contribution in [3.63, 3.8) is 0 Å². The zero-order chi connectivity index (χ0) is 26.3. The zero-order valence-electron chi connectivity index (χ0n) is 19.5. The Morgan fingerprint density at radius 1 is 1.00 bits per heavy atom. The molecule has 2 rings (SSSR count). The van der Waals surface area contributed by atoms with Crippen LogP contribution in [0, 0.1) is 0 Å². The Hall–Kier alpha value is -1.71. The van der Waals surface area contributed by atoms with E-state index in [0.29, 0.717) is 33.6 Å². The summed E-state index contributed by atoms with van der Waals surface area (Å²) < 4.78 is 26.2. The first kappa shape index (κ1) is 29.5. The molecule has 0 aliphatic heterocycles. The van der Waals surface area contributed by atoms with Gasteiger partial charge in [0.05, 0.1) is 17.0 Å². The van der Waals surface area contributed by atoms with E-state index in [1.54, 1.807) is 25.1 Å². The van der Waals surface area contributed by atoms with Crippen LogP contribution in [0.25, 0.3) is 0 Å². The van der Waals surface area contributed by atoms with E-state index < -0.39 is 28.5 Å². The van der Waals surface area contributed by atoms with Crippen LogP contribution in [0.4, 0.5) is 5.69 Å². The lowest BCUT2D eigenvalue weighted by Crippen LogP contribution is -2.52. The number of nitrogens with zero attached hydrogens (tertiary/aromatic N) is 2. The van der Waals surface area contributed by atoms with Crippen LogP contribution >= 0.6 is 46.4 Å². The molecular formula is C23H27Cl4N3O4S. The number of hydrogen-bond donors (Lipinski definition) is 1. The van der Waals surface area contributed by atoms with Crippen molar-refractivity contribution >= 4 is 73.9 Å². The second-order valence-corrected chi connectivity index (χ2v) is 11.4. The predicted octanol–water partition coefficient (Wildman–Crippen LogP) is 5.40. The van der Waals surface area contributed by atoms with Crippen molar-refractivity contribution in [2.24, 2.45) is 0 Å². The molecule has 1 N–H and O–H groups in total. The van der Waals surface area contributed by atoms with Gasteiger partial charge in [0.2, 0.25) is 21.8 Å². The van der Waals surface area contributed by atoms with E-state index in [0.717, 1.165) is 10.6 Å². The van der Waals surface area contributed by atoms with Gasteiger partial charge >= 0.3 is 0 Å². The van der Waals surface area contributed by atoms with Gasteiger partial charge in [0, 0.05) is 33.7 Å². The second-order valence-electron chi connectivity index (χ2n) is 7.80. The van der Waals surface area contributed by atoms with Crippen LogP contribution in [0.15, 0.2) is 36.4 Å². The van der Waals surface area contributed by atoms with Crippen molar-refractivity contribution in [3.8, 4) is 0 Å². The van der Waals surface area contributed by atoms with Crippen LogP contribution in [0.1, 0.15) is 32.3 Å². The third kappa shape index (κ3) is 7.89. The fraction of sp³-hybridized carbons (Fsp3) is 0.391. The van der Waals surface area contributed by atoms with Crippen molar-refractivity contribution in [2.45, 2.75) is 39.3 Å². The average molecular weight is 583 g/mol. The molecule has 12 heteroatoms. The molecular weight excluding hydrogens is 556 g/mol. The molecule has 0 radical (unpaired) electrons. The van der Waals surface area contributed by atoms with Gasteiger partial charge in [-0.15, -0.1) is 0 Å². The molecule has 1 atom stereocenters. The molecule has 35 heavy (non-hydrogen) atoms. The summed E-state index contributed by atoms with van der Waals surface area (Å²) in [6.45, 7) is 3.41. The van der Waals surface area contributed by atoms with Crippen LogP contribution in [0.3, 0.4) is 0 Å². The number of halogens is 4. The number of hydrogen-bond acceptors (Lipinski definition) is 4. The summed E-state index contributed by atoms with van der Waals surface area (Å²) in [6.07, 6.45) is 1.96. The van der Waals surface area contributed by atoms with Crippen LogP contribution in [-0.4, -0.2) is 50.5 Å². The summed E-state index contributed by atoms with van der Waals surface area (Å²) in [5.74, 6) is -0.989. The summed E-state index contributed by atoms with van der Waals surface area (Å²) in [5, 5.41) is 3.81. The largest absolute Gasteiger partial charge is 0.354 e. The lowest BCUT2D eigenvalue weighted by atomic mass is 10.1. The number of carbonyl (C=O) groups is 2. The highest BCUT2D eigenvalue weighted by atomic mass is 35.5. The number of nitrogens with one attached hydrogen (secondary N) is 1. The van der Waals surface area contributed by atoms with E-state index in [1.807, 2.05) is 6.92 Å². The van der Waals surface area contributed by atoms with Gasteiger partial charge in [-0.05, 0) is 43.2 Å². The molecule has 0 saturated heterocycles. The van der Waals surface area contributed by atoms with Gasteiger partial charge in [-0.25, -0.2) is 8.42 Å². The highest BCUT2D eigenvalue weighted by Gasteiger charge is 2.33. The van der Waals surface area contributed by atoms with Gasteiger partial charge in [0.1, 0.15) is 12.6 Å². The Morgan fingerprint density at radius 3 is 2.14 bits per heavy atom. The Labute approximate surface area is 226 Å². The van der Waals surface area contributed by atoms with Crippen LogP contribution < -0.4 is 9.62 Å². The third-order valence-corrected chi connectivity index (χ3v) is 7.56. The van der Waals surface area contributed by atoms with E-state index in [2.05, 4.69) is 5.32 Å². The van der Waals surface area contributed by atoms with E-state index in [4.69, 9.17) is 46.4 Å². The Balaban J connectivity index is 2.52. The number of rotatable bonds is 11. The molecule has 2 amide bonds. The number of amides is 2. The lowest BCUT2D eigenvalue weighted by Gasteiger charge is -2.33. The van der Waals surface area contributed by atoms with E-state index in [-0.39, 0.29) is 29.6 Å². The molecule has 0 unspecified atom stereocenters. The molecule has 2 aromatic rings. The zero-order valence-corrected chi connectivity index (χ0v) is 23.4. The number of benzene rings is 2. The van der Waals surface area contributed by atoms with Crippen LogP contribution in [0.5, 0.6) is 0 Å². The van der Waals surface area contributed by atoms with Crippen molar-refractivity contribution in [3.05, 3.63) is 62.1 Å². The molecule has 0 fully saturated rings. The first-order valence-corrected chi connectivity index (χ1v) is 14.2. The van der Waals surface area contributed by atoms with Gasteiger partial charge in [-0.1, -0.05) is 66.3 Å². The Kier molecular flexibility index (Phi) is 11.0. The van der Waals surface area contributed by atoms with Gasteiger partial charge < -0.3 is 10.2 Å². The number of sulfonamides is 1. The number of carbonyl (C=O) groups excluding carboxylic acids is 2. The summed E-state index contributed by atoms with van der Waals surface area (Å²) in [7, 11) is -3.93.